The van der Waals surface area contributed by atoms with Gasteiger partial charge in [-0.2, -0.15) is 0 Å². The SMILES string of the molecule is CCOP(=O)(Cc1cc(NC(=O)OC(C)(C)C)c2ccc(C(=O)OC)cc2c1)OCC. The number of benzene rings is 2. The van der Waals surface area contributed by atoms with Crippen LogP contribution in [0.1, 0.15) is 50.5 Å². The van der Waals surface area contributed by atoms with Gasteiger partial charge < -0.3 is 18.5 Å². The highest BCUT2D eigenvalue weighted by Gasteiger charge is 2.25. The first kappa shape index (κ1) is 24.9. The highest BCUT2D eigenvalue weighted by atomic mass is 31.2. The van der Waals surface area contributed by atoms with E-state index in [0.717, 1.165) is 0 Å². The molecule has 0 unspecified atom stereocenters. The molecule has 8 nitrogen and oxygen atoms in total. The number of hydrogen-bond donors (Lipinski definition) is 1. The van der Waals surface area contributed by atoms with Gasteiger partial charge in [-0.05, 0) is 63.8 Å². The van der Waals surface area contributed by atoms with Crippen molar-refractivity contribution in [1.29, 1.82) is 0 Å². The van der Waals surface area contributed by atoms with Crippen LogP contribution in [0.3, 0.4) is 0 Å². The van der Waals surface area contributed by atoms with Gasteiger partial charge in [0, 0.05) is 5.39 Å². The third kappa shape index (κ3) is 7.06. The number of carbonyl (C=O) groups is 2. The summed E-state index contributed by atoms with van der Waals surface area (Å²) < 4.78 is 34.0. The Morgan fingerprint density at radius 1 is 1.03 bits per heavy atom. The molecule has 0 saturated heterocycles. The predicted octanol–water partition coefficient (Wildman–Crippen LogP) is 5.74. The Bertz CT molecular complexity index is 987. The summed E-state index contributed by atoms with van der Waals surface area (Å²) in [6, 6.07) is 8.46. The lowest BCUT2D eigenvalue weighted by molar-refractivity contribution is 0.0598. The average Bonchev–Trinajstić information content (AvgIpc) is 2.65. The number of methoxy groups -OCH3 is 1. The summed E-state index contributed by atoms with van der Waals surface area (Å²) in [4.78, 5) is 24.3. The van der Waals surface area contributed by atoms with Crippen molar-refractivity contribution in [2.75, 3.05) is 25.6 Å². The largest absolute Gasteiger partial charge is 0.465 e. The van der Waals surface area contributed by atoms with Gasteiger partial charge in [0.1, 0.15) is 5.60 Å². The molecule has 0 spiro atoms. The molecule has 9 heteroatoms. The second-order valence-corrected chi connectivity index (χ2v) is 9.86. The number of fused-ring (bicyclic) bond motifs is 1. The molecule has 2 aromatic rings. The number of ether oxygens (including phenoxy) is 2. The number of esters is 1. The van der Waals surface area contributed by atoms with Gasteiger partial charge in [-0.25, -0.2) is 9.59 Å². The maximum Gasteiger partial charge on any atom is 0.412 e. The van der Waals surface area contributed by atoms with Crippen molar-refractivity contribution in [2.45, 2.75) is 46.4 Å². The number of nitrogens with one attached hydrogen (secondary N) is 1. The highest BCUT2D eigenvalue weighted by molar-refractivity contribution is 7.53. The summed E-state index contributed by atoms with van der Waals surface area (Å²) in [5, 5.41) is 4.09. The Morgan fingerprint density at radius 2 is 1.68 bits per heavy atom. The lowest BCUT2D eigenvalue weighted by Gasteiger charge is -2.21. The summed E-state index contributed by atoms with van der Waals surface area (Å²) in [5.74, 6) is -0.483. The van der Waals surface area contributed by atoms with Gasteiger partial charge in [0.15, 0.2) is 0 Å². The van der Waals surface area contributed by atoms with Gasteiger partial charge in [0.05, 0.1) is 37.7 Å². The average molecular weight is 451 g/mol. The number of amides is 1. The zero-order valence-corrected chi connectivity index (χ0v) is 19.7. The molecule has 1 amide bonds. The Hall–Kier alpha value is -2.41. The normalized spacial score (nSPS) is 11.9. The third-order valence-corrected chi connectivity index (χ3v) is 6.15. The van der Waals surface area contributed by atoms with Crippen LogP contribution < -0.4 is 5.32 Å². The van der Waals surface area contributed by atoms with Crippen molar-refractivity contribution >= 4 is 36.1 Å². The summed E-state index contributed by atoms with van der Waals surface area (Å²) in [6.45, 7) is 9.26. The first-order valence-corrected chi connectivity index (χ1v) is 11.8. The minimum Gasteiger partial charge on any atom is -0.465 e. The fraction of sp³-hybridized carbons (Fsp3) is 0.455. The van der Waals surface area contributed by atoms with E-state index in [2.05, 4.69) is 5.32 Å². The molecule has 0 aliphatic carbocycles. The van der Waals surface area contributed by atoms with E-state index in [-0.39, 0.29) is 19.4 Å². The molecule has 0 radical (unpaired) electrons. The van der Waals surface area contributed by atoms with Gasteiger partial charge in [0.25, 0.3) is 0 Å². The van der Waals surface area contributed by atoms with Crippen LogP contribution in [0.4, 0.5) is 10.5 Å². The molecule has 0 atom stereocenters. The van der Waals surface area contributed by atoms with Crippen LogP contribution in [0.2, 0.25) is 0 Å². The molecule has 0 aliphatic rings. The fourth-order valence-corrected chi connectivity index (χ4v) is 4.70. The van der Waals surface area contributed by atoms with Crippen LogP contribution in [0.15, 0.2) is 30.3 Å². The van der Waals surface area contributed by atoms with E-state index in [0.29, 0.717) is 27.6 Å². The van der Waals surface area contributed by atoms with Crippen molar-refractivity contribution in [3.05, 3.63) is 41.5 Å². The van der Waals surface area contributed by atoms with Gasteiger partial charge >= 0.3 is 19.7 Å². The molecule has 2 aromatic carbocycles. The molecule has 0 fully saturated rings. The van der Waals surface area contributed by atoms with Crippen LogP contribution >= 0.6 is 7.60 Å². The lowest BCUT2D eigenvalue weighted by atomic mass is 10.0. The van der Waals surface area contributed by atoms with Crippen LogP contribution in [0, 0.1) is 0 Å². The number of anilines is 1. The van der Waals surface area contributed by atoms with Crippen molar-refractivity contribution in [3.63, 3.8) is 0 Å². The maximum absolute atomic E-state index is 13.0. The van der Waals surface area contributed by atoms with E-state index in [1.54, 1.807) is 65.0 Å². The van der Waals surface area contributed by atoms with Crippen LogP contribution in [-0.4, -0.2) is 38.0 Å². The molecular formula is C22H30NO7P. The van der Waals surface area contributed by atoms with Crippen LogP contribution in [0.25, 0.3) is 10.8 Å². The zero-order chi connectivity index (χ0) is 23.2. The molecule has 0 bridgehead atoms. The van der Waals surface area contributed by atoms with E-state index >= 15 is 0 Å². The monoisotopic (exact) mass is 451 g/mol. The summed E-state index contributed by atoms with van der Waals surface area (Å²) in [7, 11) is -2.07. The van der Waals surface area contributed by atoms with E-state index in [9.17, 15) is 14.2 Å². The van der Waals surface area contributed by atoms with Crippen molar-refractivity contribution in [3.8, 4) is 0 Å². The van der Waals surface area contributed by atoms with Crippen LogP contribution in [0.5, 0.6) is 0 Å². The topological polar surface area (TPSA) is 100 Å². The lowest BCUT2D eigenvalue weighted by Crippen LogP contribution is -2.27. The first-order chi connectivity index (χ1) is 14.5. The molecular weight excluding hydrogens is 421 g/mol. The Labute approximate surface area is 182 Å². The number of rotatable bonds is 8. The van der Waals surface area contributed by atoms with Crippen LogP contribution in [-0.2, 0) is 29.2 Å². The standard InChI is InChI=1S/C22H30NO7P/c1-7-28-31(26,29-8-2)14-15-11-17-13-16(20(24)27-6)9-10-18(17)19(12-15)23-21(25)30-22(3,4)5/h9-13H,7-8,14H2,1-6H3,(H,23,25). The second-order valence-electron chi connectivity index (χ2n) is 7.80. The van der Waals surface area contributed by atoms with E-state index in [1.165, 1.54) is 7.11 Å². The first-order valence-electron chi connectivity index (χ1n) is 10.0. The Morgan fingerprint density at radius 3 is 2.23 bits per heavy atom. The van der Waals surface area contributed by atoms with Crippen molar-refractivity contribution < 1.29 is 32.7 Å². The molecule has 1 N–H and O–H groups in total. The summed E-state index contributed by atoms with van der Waals surface area (Å²) in [5.41, 5.74) is 0.756. The highest BCUT2D eigenvalue weighted by Crippen LogP contribution is 2.51. The minimum atomic E-state index is -3.38. The summed E-state index contributed by atoms with van der Waals surface area (Å²) in [6.07, 6.45) is -0.614. The molecule has 0 aliphatic heterocycles. The molecule has 0 heterocycles. The number of carbonyl (C=O) groups excluding carboxylic acids is 2. The Kier molecular flexibility index (Phi) is 8.23. The third-order valence-electron chi connectivity index (χ3n) is 4.10. The van der Waals surface area contributed by atoms with Gasteiger partial charge in [-0.15, -0.1) is 0 Å². The maximum atomic E-state index is 13.0. The molecule has 0 aromatic heterocycles. The smallest absolute Gasteiger partial charge is 0.412 e. The number of hydrogen-bond acceptors (Lipinski definition) is 7. The molecule has 31 heavy (non-hydrogen) atoms. The van der Waals surface area contributed by atoms with Crippen molar-refractivity contribution in [2.24, 2.45) is 0 Å². The van der Waals surface area contributed by atoms with E-state index in [1.807, 2.05) is 0 Å². The quantitative estimate of drug-likeness (QED) is 0.403. The van der Waals surface area contributed by atoms with E-state index in [4.69, 9.17) is 18.5 Å². The van der Waals surface area contributed by atoms with Gasteiger partial charge in [-0.1, -0.05) is 12.1 Å². The van der Waals surface area contributed by atoms with Crippen molar-refractivity contribution in [1.82, 2.24) is 0 Å². The predicted molar refractivity (Wildman–Crippen MR) is 120 cm³/mol. The van der Waals surface area contributed by atoms with Gasteiger partial charge in [0.2, 0.25) is 0 Å². The summed E-state index contributed by atoms with van der Waals surface area (Å²) >= 11 is 0. The fourth-order valence-electron chi connectivity index (χ4n) is 3.03. The molecule has 0 saturated carbocycles. The van der Waals surface area contributed by atoms with E-state index < -0.39 is 25.3 Å². The second kappa shape index (κ2) is 10.3. The van der Waals surface area contributed by atoms with Gasteiger partial charge in [-0.3, -0.25) is 9.88 Å². The minimum absolute atomic E-state index is 0.00999. The zero-order valence-electron chi connectivity index (χ0n) is 18.8. The Balaban J connectivity index is 2.54. The molecule has 2 rings (SSSR count). The molecule has 170 valence electrons.